The fraction of sp³-hybridized carbons (Fsp3) is 0.913. The molecule has 4 aliphatic rings. The SMILES string of the molecule is C/C(N)=N/N(N)CC(=O)C1CCC2C3CCC4CC(C(F)F)CCC4C3CCC12C. The Balaban J connectivity index is 1.44. The minimum atomic E-state index is -2.16. The molecule has 4 N–H and O–H groups in total. The van der Waals surface area contributed by atoms with Gasteiger partial charge in [-0.2, -0.15) is 0 Å². The molecular weight excluding hydrogens is 386 g/mol. The van der Waals surface area contributed by atoms with Gasteiger partial charge in [-0.1, -0.05) is 6.92 Å². The fourth-order valence-electron chi connectivity index (χ4n) is 8.16. The molecule has 0 aliphatic heterocycles. The summed E-state index contributed by atoms with van der Waals surface area (Å²) in [6.07, 6.45) is 6.75. The fourth-order valence-corrected chi connectivity index (χ4v) is 8.16. The van der Waals surface area contributed by atoms with Gasteiger partial charge >= 0.3 is 0 Å². The zero-order valence-electron chi connectivity index (χ0n) is 18.4. The largest absolute Gasteiger partial charge is 0.386 e. The van der Waals surface area contributed by atoms with Gasteiger partial charge in [-0.15, -0.1) is 5.10 Å². The number of rotatable bonds is 5. The first-order valence-corrected chi connectivity index (χ1v) is 11.8. The van der Waals surface area contributed by atoms with E-state index in [0.717, 1.165) is 51.4 Å². The normalized spacial score (nSPS) is 43.7. The van der Waals surface area contributed by atoms with Crippen molar-refractivity contribution in [1.29, 1.82) is 0 Å². The van der Waals surface area contributed by atoms with Crippen molar-refractivity contribution in [3.8, 4) is 0 Å². The number of halogens is 2. The smallest absolute Gasteiger partial charge is 0.241 e. The van der Waals surface area contributed by atoms with Crippen molar-refractivity contribution in [2.45, 2.75) is 78.1 Å². The Labute approximate surface area is 179 Å². The molecule has 0 aromatic rings. The van der Waals surface area contributed by atoms with Gasteiger partial charge in [-0.05, 0) is 99.7 Å². The molecule has 0 aromatic heterocycles. The molecule has 0 saturated heterocycles. The topological polar surface area (TPSA) is 84.7 Å². The minimum absolute atomic E-state index is 0.0353. The lowest BCUT2D eigenvalue weighted by Gasteiger charge is -2.56. The molecule has 8 atom stereocenters. The van der Waals surface area contributed by atoms with Crippen molar-refractivity contribution in [2.75, 3.05) is 6.54 Å². The van der Waals surface area contributed by atoms with Crippen LogP contribution in [-0.2, 0) is 4.79 Å². The number of Topliss-reactive ketones (excluding diaryl/α,β-unsaturated/α-hetero) is 1. The van der Waals surface area contributed by atoms with Gasteiger partial charge < -0.3 is 5.73 Å². The Morgan fingerprint density at radius 2 is 1.83 bits per heavy atom. The van der Waals surface area contributed by atoms with Crippen LogP contribution in [0.2, 0.25) is 0 Å². The molecule has 30 heavy (non-hydrogen) atoms. The monoisotopic (exact) mass is 424 g/mol. The Morgan fingerprint density at radius 3 is 2.53 bits per heavy atom. The molecule has 0 spiro atoms. The van der Waals surface area contributed by atoms with Gasteiger partial charge in [0.2, 0.25) is 6.43 Å². The van der Waals surface area contributed by atoms with Crippen molar-refractivity contribution in [3.63, 3.8) is 0 Å². The third-order valence-corrected chi connectivity index (χ3v) is 9.34. The second-order valence-electron chi connectivity index (χ2n) is 10.8. The predicted molar refractivity (Wildman–Crippen MR) is 113 cm³/mol. The number of ketones is 1. The summed E-state index contributed by atoms with van der Waals surface area (Å²) in [6, 6.07) is 0. The molecule has 0 amide bonds. The number of hydrazone groups is 1. The molecule has 0 bridgehead atoms. The van der Waals surface area contributed by atoms with Crippen molar-refractivity contribution < 1.29 is 13.6 Å². The number of nitrogens with two attached hydrogens (primary N) is 2. The summed E-state index contributed by atoms with van der Waals surface area (Å²) in [5, 5.41) is 5.15. The van der Waals surface area contributed by atoms with E-state index in [-0.39, 0.29) is 29.6 Å². The Bertz CT molecular complexity index is 682. The van der Waals surface area contributed by atoms with E-state index < -0.39 is 6.43 Å². The molecule has 4 aliphatic carbocycles. The van der Waals surface area contributed by atoms with Crippen LogP contribution in [0.4, 0.5) is 8.78 Å². The highest BCUT2D eigenvalue weighted by Gasteiger charge is 2.58. The van der Waals surface area contributed by atoms with Crippen LogP contribution in [0.3, 0.4) is 0 Å². The number of fused-ring (bicyclic) bond motifs is 5. The summed E-state index contributed by atoms with van der Waals surface area (Å²) in [5.74, 6) is 9.05. The third kappa shape index (κ3) is 3.87. The lowest BCUT2D eigenvalue weighted by atomic mass is 9.49. The summed E-state index contributed by atoms with van der Waals surface area (Å²) in [6.45, 7) is 4.08. The Morgan fingerprint density at radius 1 is 1.10 bits per heavy atom. The molecule has 0 radical (unpaired) electrons. The van der Waals surface area contributed by atoms with E-state index in [9.17, 15) is 13.6 Å². The Kier molecular flexibility index (Phi) is 6.12. The molecule has 0 heterocycles. The zero-order valence-corrected chi connectivity index (χ0v) is 18.4. The second kappa shape index (κ2) is 8.36. The number of hydrazine groups is 1. The number of nitrogens with zero attached hydrogens (tertiary/aromatic N) is 2. The first-order chi connectivity index (χ1) is 14.2. The second-order valence-corrected chi connectivity index (χ2v) is 10.8. The molecule has 0 aromatic carbocycles. The molecule has 4 fully saturated rings. The highest BCUT2D eigenvalue weighted by molar-refractivity contribution is 5.84. The van der Waals surface area contributed by atoms with Crippen molar-refractivity contribution >= 4 is 11.6 Å². The van der Waals surface area contributed by atoms with Crippen LogP contribution in [0.15, 0.2) is 5.10 Å². The summed E-state index contributed by atoms with van der Waals surface area (Å²) in [7, 11) is 0. The van der Waals surface area contributed by atoms with Gasteiger partial charge in [0.05, 0.1) is 0 Å². The van der Waals surface area contributed by atoms with Crippen LogP contribution in [-0.4, -0.2) is 29.7 Å². The molecule has 170 valence electrons. The number of amidine groups is 1. The molecule has 4 rings (SSSR count). The van der Waals surface area contributed by atoms with Crippen molar-refractivity contribution in [2.24, 2.45) is 63.5 Å². The maximum atomic E-state index is 13.3. The summed E-state index contributed by atoms with van der Waals surface area (Å²) in [5.41, 5.74) is 5.62. The standard InChI is InChI=1S/C23H38F2N4O/c1-13(26)28-29(27)12-21(30)20-8-7-19-18-6-3-14-11-15(22(24)25)4-5-16(14)17(18)9-10-23(19,20)2/h14-20,22H,3-12,27H2,1-2H3,(H2,26,28). The van der Waals surface area contributed by atoms with Gasteiger partial charge in [0.25, 0.3) is 0 Å². The zero-order chi connectivity index (χ0) is 21.6. The van der Waals surface area contributed by atoms with Gasteiger partial charge in [0.1, 0.15) is 12.4 Å². The van der Waals surface area contributed by atoms with E-state index in [1.807, 2.05) is 0 Å². The molecule has 5 nitrogen and oxygen atoms in total. The highest BCUT2D eigenvalue weighted by atomic mass is 19.3. The van der Waals surface area contributed by atoms with Crippen LogP contribution in [0, 0.1) is 46.8 Å². The van der Waals surface area contributed by atoms with E-state index in [2.05, 4.69) is 12.0 Å². The average molecular weight is 425 g/mol. The highest BCUT2D eigenvalue weighted by Crippen LogP contribution is 2.64. The average Bonchev–Trinajstić information content (AvgIpc) is 3.03. The van der Waals surface area contributed by atoms with Crippen LogP contribution >= 0.6 is 0 Å². The van der Waals surface area contributed by atoms with Gasteiger partial charge in [-0.25, -0.2) is 19.7 Å². The van der Waals surface area contributed by atoms with E-state index in [1.165, 1.54) is 5.12 Å². The predicted octanol–water partition coefficient (Wildman–Crippen LogP) is 4.17. The van der Waals surface area contributed by atoms with Gasteiger partial charge in [0, 0.05) is 11.8 Å². The lowest BCUT2D eigenvalue weighted by molar-refractivity contribution is -0.132. The number of carbonyl (C=O) groups is 1. The van der Waals surface area contributed by atoms with Crippen molar-refractivity contribution in [3.05, 3.63) is 0 Å². The molecular formula is C23H38F2N4O. The number of alkyl halides is 2. The maximum Gasteiger partial charge on any atom is 0.241 e. The van der Waals surface area contributed by atoms with Crippen LogP contribution in [0.5, 0.6) is 0 Å². The minimum Gasteiger partial charge on any atom is -0.386 e. The van der Waals surface area contributed by atoms with Crippen LogP contribution in [0.25, 0.3) is 0 Å². The summed E-state index contributed by atoms with van der Waals surface area (Å²) >= 11 is 0. The van der Waals surface area contributed by atoms with E-state index in [1.54, 1.807) is 6.92 Å². The van der Waals surface area contributed by atoms with Gasteiger partial charge in [0.15, 0.2) is 5.78 Å². The van der Waals surface area contributed by atoms with E-state index >= 15 is 0 Å². The lowest BCUT2D eigenvalue weighted by Crippen LogP contribution is -2.50. The Hall–Kier alpha value is -1.24. The molecule has 7 heteroatoms. The van der Waals surface area contributed by atoms with Crippen LogP contribution in [0.1, 0.15) is 71.6 Å². The van der Waals surface area contributed by atoms with E-state index in [0.29, 0.717) is 41.8 Å². The first-order valence-electron chi connectivity index (χ1n) is 11.8. The number of carbonyl (C=O) groups excluding carboxylic acids is 1. The van der Waals surface area contributed by atoms with Gasteiger partial charge in [-0.3, -0.25) is 4.79 Å². The quantitative estimate of drug-likeness (QED) is 0.300. The van der Waals surface area contributed by atoms with E-state index in [4.69, 9.17) is 11.6 Å². The summed E-state index contributed by atoms with van der Waals surface area (Å²) in [4.78, 5) is 13.1. The third-order valence-electron chi connectivity index (χ3n) is 9.34. The maximum absolute atomic E-state index is 13.3. The van der Waals surface area contributed by atoms with Crippen molar-refractivity contribution in [1.82, 2.24) is 5.12 Å². The molecule has 8 unspecified atom stereocenters. The molecule has 4 saturated carbocycles. The van der Waals surface area contributed by atoms with Crippen LogP contribution < -0.4 is 11.6 Å². The number of hydrogen-bond donors (Lipinski definition) is 2. The number of hydrogen-bond acceptors (Lipinski definition) is 4. The summed E-state index contributed by atoms with van der Waals surface area (Å²) < 4.78 is 26.5. The first kappa shape index (κ1) is 22.0.